The van der Waals surface area contributed by atoms with Crippen molar-refractivity contribution in [2.75, 3.05) is 5.32 Å². The fourth-order valence-corrected chi connectivity index (χ4v) is 4.58. The third-order valence-electron chi connectivity index (χ3n) is 6.38. The molecule has 1 saturated heterocycles. The number of rotatable bonds is 8. The van der Waals surface area contributed by atoms with Gasteiger partial charge in [0.1, 0.15) is 17.5 Å². The normalized spacial score (nSPS) is 18.2. The molecule has 2 aliphatic heterocycles. The number of benzene rings is 2. The van der Waals surface area contributed by atoms with Gasteiger partial charge in [-0.3, -0.25) is 34.2 Å². The SMILES string of the molecule is Cc1ccc(CC(=O)C[C@@H](C)c2cccc(NC3=CC(=O)N(C4CCC(=O)NC4=O)C3=O)c2)cc1Cl.S. The smallest absolute Gasteiger partial charge is 0.278 e. The van der Waals surface area contributed by atoms with Crippen LogP contribution in [0, 0.1) is 6.92 Å². The fourth-order valence-electron chi connectivity index (χ4n) is 4.38. The molecule has 0 radical (unpaired) electrons. The summed E-state index contributed by atoms with van der Waals surface area (Å²) in [6.45, 7) is 3.86. The number of halogens is 1. The number of nitrogens with one attached hydrogen (secondary N) is 2. The Morgan fingerprint density at radius 2 is 1.92 bits per heavy atom. The van der Waals surface area contributed by atoms with Gasteiger partial charge in [-0.25, -0.2) is 0 Å². The average Bonchev–Trinajstić information content (AvgIpc) is 3.09. The molecule has 2 aromatic rings. The fraction of sp³-hybridized carbons (Fsp3) is 0.296. The van der Waals surface area contributed by atoms with Crippen LogP contribution in [0.4, 0.5) is 5.69 Å². The van der Waals surface area contributed by atoms with Gasteiger partial charge in [-0.2, -0.15) is 13.5 Å². The maximum Gasteiger partial charge on any atom is 0.278 e. The molecule has 2 aliphatic rings. The highest BCUT2D eigenvalue weighted by Crippen LogP contribution is 2.27. The Morgan fingerprint density at radius 3 is 2.62 bits per heavy atom. The number of nitrogens with zero attached hydrogens (tertiary/aromatic N) is 1. The van der Waals surface area contributed by atoms with Crippen molar-refractivity contribution in [1.29, 1.82) is 0 Å². The van der Waals surface area contributed by atoms with Gasteiger partial charge < -0.3 is 5.32 Å². The van der Waals surface area contributed by atoms with Crippen molar-refractivity contribution in [2.24, 2.45) is 0 Å². The van der Waals surface area contributed by atoms with Crippen molar-refractivity contribution in [3.8, 4) is 0 Å². The van der Waals surface area contributed by atoms with Crippen LogP contribution in [0.1, 0.15) is 48.8 Å². The van der Waals surface area contributed by atoms with Crippen LogP contribution in [0.3, 0.4) is 0 Å². The van der Waals surface area contributed by atoms with Gasteiger partial charge in [0, 0.05) is 36.0 Å². The van der Waals surface area contributed by atoms with Gasteiger partial charge in [0.15, 0.2) is 0 Å². The van der Waals surface area contributed by atoms with Crippen LogP contribution in [-0.4, -0.2) is 40.4 Å². The molecule has 4 amide bonds. The van der Waals surface area contributed by atoms with Crippen LogP contribution in [0.2, 0.25) is 5.02 Å². The number of Topliss-reactive ketones (excluding diaryl/α,β-unsaturated/α-hetero) is 1. The molecular weight excluding hydrogens is 514 g/mol. The highest BCUT2D eigenvalue weighted by atomic mass is 35.5. The molecule has 194 valence electrons. The molecule has 2 aromatic carbocycles. The highest BCUT2D eigenvalue weighted by Gasteiger charge is 2.42. The van der Waals surface area contributed by atoms with E-state index in [0.717, 1.165) is 27.7 Å². The Morgan fingerprint density at radius 1 is 1.16 bits per heavy atom. The van der Waals surface area contributed by atoms with Crippen molar-refractivity contribution < 1.29 is 24.0 Å². The first-order valence-electron chi connectivity index (χ1n) is 11.7. The summed E-state index contributed by atoms with van der Waals surface area (Å²) in [5, 5.41) is 5.77. The zero-order valence-electron chi connectivity index (χ0n) is 20.5. The number of hydrogen-bond donors (Lipinski definition) is 2. The molecule has 2 heterocycles. The Bertz CT molecular complexity index is 1310. The molecule has 8 nitrogen and oxygen atoms in total. The van der Waals surface area contributed by atoms with Gasteiger partial charge in [0.25, 0.3) is 11.8 Å². The third-order valence-corrected chi connectivity index (χ3v) is 6.79. The maximum absolute atomic E-state index is 12.9. The molecular formula is C27H28ClN3O5S. The Hall–Kier alpha value is -3.43. The zero-order chi connectivity index (χ0) is 26.0. The summed E-state index contributed by atoms with van der Waals surface area (Å²) in [6.07, 6.45) is 1.93. The Kier molecular flexibility index (Phi) is 8.94. The Labute approximate surface area is 226 Å². The number of hydrogen-bond acceptors (Lipinski definition) is 6. The lowest BCUT2D eigenvalue weighted by Crippen LogP contribution is -2.54. The van der Waals surface area contributed by atoms with Crippen LogP contribution in [0.15, 0.2) is 54.2 Å². The van der Waals surface area contributed by atoms with Crippen molar-refractivity contribution in [3.05, 3.63) is 76.0 Å². The minimum absolute atomic E-state index is 0. The predicted molar refractivity (Wildman–Crippen MR) is 144 cm³/mol. The summed E-state index contributed by atoms with van der Waals surface area (Å²) in [7, 11) is 0. The van der Waals surface area contributed by atoms with Crippen molar-refractivity contribution >= 4 is 60.2 Å². The minimum atomic E-state index is -1.01. The lowest BCUT2D eigenvalue weighted by Gasteiger charge is -2.28. The number of piperidine rings is 1. The predicted octanol–water partition coefficient (Wildman–Crippen LogP) is 3.54. The van der Waals surface area contributed by atoms with Crippen molar-refractivity contribution in [3.63, 3.8) is 0 Å². The molecule has 1 unspecified atom stereocenters. The molecule has 0 aliphatic carbocycles. The summed E-state index contributed by atoms with van der Waals surface area (Å²) < 4.78 is 0. The van der Waals surface area contributed by atoms with Crippen LogP contribution >= 0.6 is 25.1 Å². The first-order valence-corrected chi connectivity index (χ1v) is 12.1. The van der Waals surface area contributed by atoms with Gasteiger partial charge in [0.2, 0.25) is 11.8 Å². The van der Waals surface area contributed by atoms with E-state index in [-0.39, 0.29) is 43.7 Å². The summed E-state index contributed by atoms with van der Waals surface area (Å²) in [4.78, 5) is 62.4. The lowest BCUT2D eigenvalue weighted by molar-refractivity contribution is -0.149. The first-order chi connectivity index (χ1) is 17.1. The monoisotopic (exact) mass is 541 g/mol. The number of amides is 4. The summed E-state index contributed by atoms with van der Waals surface area (Å²) in [6, 6.07) is 11.9. The average molecular weight is 542 g/mol. The van der Waals surface area contributed by atoms with E-state index in [1.54, 1.807) is 12.1 Å². The first kappa shape index (κ1) is 28.1. The van der Waals surface area contributed by atoms with Crippen LogP contribution in [0.25, 0.3) is 0 Å². The van der Waals surface area contributed by atoms with E-state index >= 15 is 0 Å². The Balaban J connectivity index is 0.00000380. The van der Waals surface area contributed by atoms with E-state index in [1.807, 2.05) is 44.2 Å². The molecule has 0 aromatic heterocycles. The molecule has 0 spiro atoms. The zero-order valence-corrected chi connectivity index (χ0v) is 22.2. The van der Waals surface area contributed by atoms with Crippen LogP contribution in [0.5, 0.6) is 0 Å². The molecule has 0 bridgehead atoms. The van der Waals surface area contributed by atoms with E-state index < -0.39 is 29.7 Å². The lowest BCUT2D eigenvalue weighted by atomic mass is 9.93. The number of imide groups is 2. The van der Waals surface area contributed by atoms with Gasteiger partial charge in [0.05, 0.1) is 0 Å². The van der Waals surface area contributed by atoms with E-state index in [4.69, 9.17) is 11.6 Å². The highest BCUT2D eigenvalue weighted by molar-refractivity contribution is 7.59. The third kappa shape index (κ3) is 6.47. The summed E-state index contributed by atoms with van der Waals surface area (Å²) in [5.41, 5.74) is 3.35. The molecule has 1 fully saturated rings. The van der Waals surface area contributed by atoms with Crippen molar-refractivity contribution in [2.45, 2.75) is 51.5 Å². The second-order valence-electron chi connectivity index (χ2n) is 9.19. The van der Waals surface area contributed by atoms with Gasteiger partial charge >= 0.3 is 0 Å². The number of aryl methyl sites for hydroxylation is 1. The van der Waals surface area contributed by atoms with Gasteiger partial charge in [-0.15, -0.1) is 0 Å². The molecule has 2 atom stereocenters. The second kappa shape index (κ2) is 11.7. The number of carbonyl (C=O) groups excluding carboxylic acids is 5. The summed E-state index contributed by atoms with van der Waals surface area (Å²) in [5.74, 6) is -2.30. The number of ketones is 1. The van der Waals surface area contributed by atoms with Gasteiger partial charge in [-0.1, -0.05) is 42.8 Å². The molecule has 4 rings (SSSR count). The van der Waals surface area contributed by atoms with E-state index in [0.29, 0.717) is 23.6 Å². The topological polar surface area (TPSA) is 113 Å². The molecule has 10 heteroatoms. The quantitative estimate of drug-likeness (QED) is 0.494. The molecule has 37 heavy (non-hydrogen) atoms. The standard InChI is InChI=1S/C27H26ClN3O5.H2S/c1-15-6-7-17(12-21(15)28)11-20(32)10-16(2)18-4-3-5-19(13-18)29-22-14-25(34)31(27(22)36)23-8-9-24(33)30-26(23)35;/h3-7,12-14,16,23,29H,8-11H2,1-2H3,(H,30,33,35);1H2/t16-,23?;/m1./s1. The van der Waals surface area contributed by atoms with E-state index in [1.165, 1.54) is 0 Å². The number of carbonyl (C=O) groups is 5. The second-order valence-corrected chi connectivity index (χ2v) is 9.60. The summed E-state index contributed by atoms with van der Waals surface area (Å²) >= 11 is 6.17. The van der Waals surface area contributed by atoms with Crippen LogP contribution in [-0.2, 0) is 30.4 Å². The van der Waals surface area contributed by atoms with E-state index in [9.17, 15) is 24.0 Å². The molecule has 0 saturated carbocycles. The largest absolute Gasteiger partial charge is 0.351 e. The minimum Gasteiger partial charge on any atom is -0.351 e. The number of anilines is 1. The van der Waals surface area contributed by atoms with Gasteiger partial charge in [-0.05, 0) is 54.2 Å². The van der Waals surface area contributed by atoms with E-state index in [2.05, 4.69) is 10.6 Å². The van der Waals surface area contributed by atoms with Crippen molar-refractivity contribution in [1.82, 2.24) is 10.2 Å². The molecule has 2 N–H and O–H groups in total. The van der Waals surface area contributed by atoms with Crippen LogP contribution < -0.4 is 10.6 Å². The maximum atomic E-state index is 12.9.